The largest absolute Gasteiger partial charge is 0.477 e. The molecule has 96 valence electrons. The van der Waals surface area contributed by atoms with Crippen LogP contribution in [-0.2, 0) is 4.79 Å². The van der Waals surface area contributed by atoms with Crippen LogP contribution in [-0.4, -0.2) is 25.8 Å². The van der Waals surface area contributed by atoms with E-state index >= 15 is 0 Å². The molecule has 0 fully saturated rings. The minimum Gasteiger partial charge on any atom is -0.477 e. The fourth-order valence-corrected chi connectivity index (χ4v) is 2.22. The van der Waals surface area contributed by atoms with Crippen LogP contribution in [0.2, 0.25) is 0 Å². The van der Waals surface area contributed by atoms with Crippen LogP contribution < -0.4 is 5.32 Å². The van der Waals surface area contributed by atoms with Gasteiger partial charge in [-0.25, -0.2) is 9.48 Å². The van der Waals surface area contributed by atoms with Gasteiger partial charge < -0.3 is 10.4 Å². The SMILES string of the molecule is O=C(O)C1=C[C@H](c2ccc(Br)cc2)n2ncnc2N1. The van der Waals surface area contributed by atoms with Crippen molar-refractivity contribution in [3.63, 3.8) is 0 Å². The van der Waals surface area contributed by atoms with E-state index in [2.05, 4.69) is 31.3 Å². The van der Waals surface area contributed by atoms with Crippen LogP contribution in [0.4, 0.5) is 5.95 Å². The highest BCUT2D eigenvalue weighted by Crippen LogP contribution is 2.28. The molecule has 1 aliphatic heterocycles. The molecular formula is C12H9BrN4O2. The molecular weight excluding hydrogens is 312 g/mol. The number of fused-ring (bicyclic) bond motifs is 1. The zero-order valence-corrected chi connectivity index (χ0v) is 11.2. The molecule has 19 heavy (non-hydrogen) atoms. The van der Waals surface area contributed by atoms with Gasteiger partial charge in [0.15, 0.2) is 0 Å². The summed E-state index contributed by atoms with van der Waals surface area (Å²) in [6, 6.07) is 7.37. The van der Waals surface area contributed by atoms with Gasteiger partial charge >= 0.3 is 5.97 Å². The van der Waals surface area contributed by atoms with Crippen LogP contribution in [0.15, 0.2) is 46.8 Å². The molecule has 2 heterocycles. The van der Waals surface area contributed by atoms with Crippen LogP contribution in [0.3, 0.4) is 0 Å². The molecule has 1 aromatic carbocycles. The molecule has 0 unspecified atom stereocenters. The van der Waals surface area contributed by atoms with Crippen molar-refractivity contribution in [1.82, 2.24) is 14.8 Å². The molecule has 0 amide bonds. The van der Waals surface area contributed by atoms with Crippen molar-refractivity contribution in [3.05, 3.63) is 52.4 Å². The monoisotopic (exact) mass is 320 g/mol. The maximum atomic E-state index is 11.1. The number of halogens is 1. The van der Waals surface area contributed by atoms with Gasteiger partial charge in [-0.1, -0.05) is 28.1 Å². The highest BCUT2D eigenvalue weighted by Gasteiger charge is 2.25. The first kappa shape index (κ1) is 11.9. The minimum atomic E-state index is -1.02. The Balaban J connectivity index is 2.09. The van der Waals surface area contributed by atoms with E-state index in [1.54, 1.807) is 10.8 Å². The topological polar surface area (TPSA) is 80.0 Å². The van der Waals surface area contributed by atoms with Gasteiger partial charge in [0.1, 0.15) is 18.1 Å². The number of anilines is 1. The van der Waals surface area contributed by atoms with Crippen molar-refractivity contribution in [2.75, 3.05) is 5.32 Å². The van der Waals surface area contributed by atoms with Gasteiger partial charge in [0.25, 0.3) is 0 Å². The lowest BCUT2D eigenvalue weighted by atomic mass is 10.0. The average Bonchev–Trinajstić information content (AvgIpc) is 2.86. The third-order valence-electron chi connectivity index (χ3n) is 2.85. The summed E-state index contributed by atoms with van der Waals surface area (Å²) in [5, 5.41) is 16.0. The molecule has 1 atom stereocenters. The summed E-state index contributed by atoms with van der Waals surface area (Å²) < 4.78 is 2.61. The van der Waals surface area contributed by atoms with Gasteiger partial charge in [0.2, 0.25) is 5.95 Å². The van der Waals surface area contributed by atoms with Gasteiger partial charge in [-0.15, -0.1) is 0 Å². The Morgan fingerprint density at radius 3 is 2.79 bits per heavy atom. The standard InChI is InChI=1S/C12H9BrN4O2/c13-8-3-1-7(2-4-8)10-5-9(11(18)19)16-12-14-6-15-17(10)12/h1-6,10H,(H,18,19)(H,14,15,16)/t10-/m1/s1. The third kappa shape index (κ3) is 2.12. The summed E-state index contributed by atoms with van der Waals surface area (Å²) >= 11 is 3.37. The average molecular weight is 321 g/mol. The van der Waals surface area contributed by atoms with E-state index in [9.17, 15) is 4.79 Å². The summed E-state index contributed by atoms with van der Waals surface area (Å²) in [5.41, 5.74) is 1.05. The molecule has 6 nitrogen and oxygen atoms in total. The Labute approximate surface area is 116 Å². The predicted octanol–water partition coefficient (Wildman–Crippen LogP) is 2.02. The Morgan fingerprint density at radius 1 is 1.37 bits per heavy atom. The number of allylic oxidation sites excluding steroid dienone is 1. The van der Waals surface area contributed by atoms with Crippen molar-refractivity contribution < 1.29 is 9.90 Å². The Bertz CT molecular complexity index is 663. The summed E-state index contributed by atoms with van der Waals surface area (Å²) in [6.45, 7) is 0. The highest BCUT2D eigenvalue weighted by atomic mass is 79.9. The number of carboxylic acid groups (broad SMARTS) is 1. The summed E-state index contributed by atoms with van der Waals surface area (Å²) in [5.74, 6) is -0.593. The molecule has 0 aliphatic carbocycles. The van der Waals surface area contributed by atoms with E-state index in [1.807, 2.05) is 24.3 Å². The molecule has 0 saturated heterocycles. The first-order chi connectivity index (χ1) is 9.15. The molecule has 0 spiro atoms. The second kappa shape index (κ2) is 4.51. The van der Waals surface area contributed by atoms with Gasteiger partial charge in [-0.2, -0.15) is 10.1 Å². The number of carbonyl (C=O) groups is 1. The lowest BCUT2D eigenvalue weighted by Gasteiger charge is -2.22. The Kier molecular flexibility index (Phi) is 2.83. The summed E-state index contributed by atoms with van der Waals surface area (Å²) in [6.07, 6.45) is 3.01. The second-order valence-corrected chi connectivity index (χ2v) is 4.95. The number of aliphatic carboxylic acids is 1. The van der Waals surface area contributed by atoms with Crippen LogP contribution in [0, 0.1) is 0 Å². The number of hydrogen-bond acceptors (Lipinski definition) is 4. The number of hydrogen-bond donors (Lipinski definition) is 2. The molecule has 0 bridgehead atoms. The first-order valence-corrected chi connectivity index (χ1v) is 6.31. The molecule has 2 N–H and O–H groups in total. The van der Waals surface area contributed by atoms with Gasteiger partial charge in [0, 0.05) is 4.47 Å². The van der Waals surface area contributed by atoms with Gasteiger partial charge in [-0.05, 0) is 23.8 Å². The van der Waals surface area contributed by atoms with Crippen molar-refractivity contribution in [2.45, 2.75) is 6.04 Å². The highest BCUT2D eigenvalue weighted by molar-refractivity contribution is 9.10. The third-order valence-corrected chi connectivity index (χ3v) is 3.38. The first-order valence-electron chi connectivity index (χ1n) is 5.52. The smallest absolute Gasteiger partial charge is 0.352 e. The van der Waals surface area contributed by atoms with Crippen LogP contribution in [0.1, 0.15) is 11.6 Å². The van der Waals surface area contributed by atoms with Crippen molar-refractivity contribution >= 4 is 27.8 Å². The number of nitrogens with one attached hydrogen (secondary N) is 1. The van der Waals surface area contributed by atoms with E-state index in [1.165, 1.54) is 6.33 Å². The van der Waals surface area contributed by atoms with Crippen LogP contribution >= 0.6 is 15.9 Å². The van der Waals surface area contributed by atoms with Crippen molar-refractivity contribution in [2.24, 2.45) is 0 Å². The maximum absolute atomic E-state index is 11.1. The normalized spacial score (nSPS) is 17.3. The van der Waals surface area contributed by atoms with Crippen molar-refractivity contribution in [1.29, 1.82) is 0 Å². The zero-order valence-electron chi connectivity index (χ0n) is 9.62. The van der Waals surface area contributed by atoms with E-state index in [0.717, 1.165) is 10.0 Å². The quantitative estimate of drug-likeness (QED) is 0.885. The number of nitrogens with zero attached hydrogens (tertiary/aromatic N) is 3. The zero-order chi connectivity index (χ0) is 13.4. The molecule has 0 saturated carbocycles. The van der Waals surface area contributed by atoms with E-state index in [0.29, 0.717) is 5.95 Å². The fourth-order valence-electron chi connectivity index (χ4n) is 1.96. The maximum Gasteiger partial charge on any atom is 0.352 e. The molecule has 1 aliphatic rings. The minimum absolute atomic E-state index is 0.105. The Morgan fingerprint density at radius 2 is 2.11 bits per heavy atom. The van der Waals surface area contributed by atoms with E-state index < -0.39 is 5.97 Å². The number of benzene rings is 1. The fraction of sp³-hybridized carbons (Fsp3) is 0.0833. The van der Waals surface area contributed by atoms with E-state index in [-0.39, 0.29) is 11.7 Å². The van der Waals surface area contributed by atoms with Gasteiger partial charge in [0.05, 0.1) is 0 Å². The van der Waals surface area contributed by atoms with Crippen LogP contribution in [0.5, 0.6) is 0 Å². The number of rotatable bonds is 2. The predicted molar refractivity (Wildman–Crippen MR) is 71.6 cm³/mol. The molecule has 7 heteroatoms. The van der Waals surface area contributed by atoms with Crippen LogP contribution in [0.25, 0.3) is 0 Å². The molecule has 3 rings (SSSR count). The Hall–Kier alpha value is -2.15. The van der Waals surface area contributed by atoms with Gasteiger partial charge in [-0.3, -0.25) is 0 Å². The molecule has 1 aromatic heterocycles. The number of aromatic nitrogens is 3. The second-order valence-electron chi connectivity index (χ2n) is 4.04. The lowest BCUT2D eigenvalue weighted by molar-refractivity contribution is -0.132. The lowest BCUT2D eigenvalue weighted by Crippen LogP contribution is -2.24. The summed E-state index contributed by atoms with van der Waals surface area (Å²) in [4.78, 5) is 15.1. The van der Waals surface area contributed by atoms with Crippen molar-refractivity contribution in [3.8, 4) is 0 Å². The van der Waals surface area contributed by atoms with E-state index in [4.69, 9.17) is 5.11 Å². The molecule has 0 radical (unpaired) electrons. The number of carboxylic acids is 1. The summed E-state index contributed by atoms with van der Waals surface area (Å²) in [7, 11) is 0. The molecule has 2 aromatic rings.